The van der Waals surface area contributed by atoms with Crippen molar-refractivity contribution < 1.29 is 14.3 Å². The number of ether oxygens (including phenoxy) is 2. The van der Waals surface area contributed by atoms with Crippen molar-refractivity contribution in [2.24, 2.45) is 0 Å². The van der Waals surface area contributed by atoms with Crippen LogP contribution >= 0.6 is 0 Å². The number of fused-ring (bicyclic) bond motifs is 1. The molecule has 1 heterocycles. The van der Waals surface area contributed by atoms with Gasteiger partial charge in [-0.25, -0.2) is 0 Å². The second-order valence-electron chi connectivity index (χ2n) is 9.50. The predicted molar refractivity (Wildman–Crippen MR) is 145 cm³/mol. The lowest BCUT2D eigenvalue weighted by atomic mass is 9.78. The van der Waals surface area contributed by atoms with E-state index in [1.165, 1.54) is 0 Å². The molecule has 0 saturated heterocycles. The first-order valence-corrected chi connectivity index (χ1v) is 12.4. The van der Waals surface area contributed by atoms with Gasteiger partial charge in [0, 0.05) is 37.5 Å². The largest absolute Gasteiger partial charge is 0.493 e. The third-order valence-electron chi connectivity index (χ3n) is 7.01. The highest BCUT2D eigenvalue weighted by molar-refractivity contribution is 6.01. The van der Waals surface area contributed by atoms with Crippen LogP contribution in [0, 0.1) is 0 Å². The second kappa shape index (κ2) is 9.97. The zero-order valence-electron chi connectivity index (χ0n) is 21.3. The van der Waals surface area contributed by atoms with Crippen LogP contribution < -0.4 is 25.0 Å². The number of nitrogens with one attached hydrogen (secondary N) is 2. The molecule has 2 unspecified atom stereocenters. The zero-order chi connectivity index (χ0) is 25.2. The number of carbonyl (C=O) groups excluding carboxylic acids is 1. The van der Waals surface area contributed by atoms with E-state index in [1.807, 2.05) is 45.3 Å². The monoisotopic (exact) mass is 483 g/mol. The summed E-state index contributed by atoms with van der Waals surface area (Å²) in [7, 11) is 5.71. The minimum atomic E-state index is -0.226. The Morgan fingerprint density at radius 1 is 0.917 bits per heavy atom. The molecular weight excluding hydrogens is 450 g/mol. The van der Waals surface area contributed by atoms with Crippen LogP contribution in [0.5, 0.6) is 11.5 Å². The lowest BCUT2D eigenvalue weighted by Gasteiger charge is -2.30. The minimum absolute atomic E-state index is 0.0513. The topological polar surface area (TPSA) is 62.8 Å². The van der Waals surface area contributed by atoms with E-state index in [4.69, 9.17) is 9.47 Å². The van der Waals surface area contributed by atoms with Gasteiger partial charge < -0.3 is 25.0 Å². The SMILES string of the molecule is CCOc1ccc(C2CC(=O)C3=C(C2)Nc2ccccc2NC3c2ccc(N(C)C)cc2)cc1OC. The molecule has 5 rings (SSSR count). The molecule has 0 fully saturated rings. The maximum Gasteiger partial charge on any atom is 0.163 e. The highest BCUT2D eigenvalue weighted by Gasteiger charge is 2.36. The van der Waals surface area contributed by atoms with Crippen LogP contribution in [0.4, 0.5) is 17.1 Å². The summed E-state index contributed by atoms with van der Waals surface area (Å²) >= 11 is 0. The Morgan fingerprint density at radius 2 is 1.64 bits per heavy atom. The Hall–Kier alpha value is -3.93. The average molecular weight is 484 g/mol. The van der Waals surface area contributed by atoms with Crippen LogP contribution in [-0.4, -0.2) is 33.6 Å². The maximum absolute atomic E-state index is 13.8. The molecule has 0 spiro atoms. The summed E-state index contributed by atoms with van der Waals surface area (Å²) in [4.78, 5) is 15.9. The molecule has 0 saturated carbocycles. The van der Waals surface area contributed by atoms with Gasteiger partial charge in [0.2, 0.25) is 0 Å². The van der Waals surface area contributed by atoms with Crippen molar-refractivity contribution in [3.8, 4) is 11.5 Å². The Balaban J connectivity index is 1.54. The van der Waals surface area contributed by atoms with Crippen molar-refractivity contribution in [1.29, 1.82) is 0 Å². The fraction of sp³-hybridized carbons (Fsp3) is 0.300. The van der Waals surface area contributed by atoms with E-state index >= 15 is 0 Å². The summed E-state index contributed by atoms with van der Waals surface area (Å²) in [5.74, 6) is 1.62. The molecule has 2 atom stereocenters. The van der Waals surface area contributed by atoms with E-state index in [9.17, 15) is 4.79 Å². The Morgan fingerprint density at radius 3 is 2.33 bits per heavy atom. The van der Waals surface area contributed by atoms with Crippen LogP contribution in [0.15, 0.2) is 78.0 Å². The quantitative estimate of drug-likeness (QED) is 0.439. The van der Waals surface area contributed by atoms with E-state index in [2.05, 4.69) is 58.0 Å². The lowest BCUT2D eigenvalue weighted by Crippen LogP contribution is -2.27. The van der Waals surface area contributed by atoms with Crippen LogP contribution in [-0.2, 0) is 4.79 Å². The number of para-hydroxylation sites is 2. The third-order valence-corrected chi connectivity index (χ3v) is 7.01. The Bertz CT molecular complexity index is 1300. The van der Waals surface area contributed by atoms with Crippen molar-refractivity contribution in [3.05, 3.63) is 89.1 Å². The van der Waals surface area contributed by atoms with E-state index in [0.29, 0.717) is 18.8 Å². The summed E-state index contributed by atoms with van der Waals surface area (Å²) in [5, 5.41) is 7.27. The molecule has 2 N–H and O–H groups in total. The van der Waals surface area contributed by atoms with Gasteiger partial charge in [-0.1, -0.05) is 30.3 Å². The number of hydrogen-bond acceptors (Lipinski definition) is 6. The summed E-state index contributed by atoms with van der Waals surface area (Å²) in [6.07, 6.45) is 1.18. The van der Waals surface area contributed by atoms with Crippen molar-refractivity contribution in [2.75, 3.05) is 43.3 Å². The number of methoxy groups -OCH3 is 1. The summed E-state index contributed by atoms with van der Waals surface area (Å²) in [5.41, 5.74) is 7.03. The maximum atomic E-state index is 13.8. The Labute approximate surface area is 212 Å². The number of nitrogens with zero attached hydrogens (tertiary/aromatic N) is 1. The van der Waals surface area contributed by atoms with Crippen molar-refractivity contribution >= 4 is 22.8 Å². The highest BCUT2D eigenvalue weighted by atomic mass is 16.5. The number of carbonyl (C=O) groups is 1. The molecule has 1 aliphatic heterocycles. The molecular formula is C30H33N3O3. The van der Waals surface area contributed by atoms with E-state index < -0.39 is 0 Å². The fourth-order valence-corrected chi connectivity index (χ4v) is 5.16. The van der Waals surface area contributed by atoms with Gasteiger partial charge in [0.1, 0.15) is 0 Å². The first kappa shape index (κ1) is 23.8. The number of rotatable bonds is 6. The number of anilines is 3. The first-order valence-electron chi connectivity index (χ1n) is 12.4. The second-order valence-corrected chi connectivity index (χ2v) is 9.50. The number of Topliss-reactive ketones (excluding diaryl/α,β-unsaturated/α-hetero) is 1. The molecule has 6 nitrogen and oxygen atoms in total. The average Bonchev–Trinajstić information content (AvgIpc) is 3.06. The van der Waals surface area contributed by atoms with E-state index in [0.717, 1.165) is 51.6 Å². The van der Waals surface area contributed by atoms with Crippen LogP contribution in [0.3, 0.4) is 0 Å². The number of allylic oxidation sites excluding steroid dienone is 1. The molecule has 0 bridgehead atoms. The van der Waals surface area contributed by atoms with Gasteiger partial charge in [-0.3, -0.25) is 4.79 Å². The third kappa shape index (κ3) is 4.51. The molecule has 186 valence electrons. The molecule has 0 aromatic heterocycles. The summed E-state index contributed by atoms with van der Waals surface area (Å²) < 4.78 is 11.3. The van der Waals surface area contributed by atoms with Crippen molar-refractivity contribution in [1.82, 2.24) is 0 Å². The molecule has 0 radical (unpaired) electrons. The fourth-order valence-electron chi connectivity index (χ4n) is 5.16. The molecule has 36 heavy (non-hydrogen) atoms. The summed E-state index contributed by atoms with van der Waals surface area (Å²) in [6.45, 7) is 2.52. The first-order chi connectivity index (χ1) is 17.5. The molecule has 0 amide bonds. The van der Waals surface area contributed by atoms with Gasteiger partial charge in [-0.2, -0.15) is 0 Å². The molecule has 6 heteroatoms. The van der Waals surface area contributed by atoms with Crippen LogP contribution in [0.2, 0.25) is 0 Å². The normalized spacial score (nSPS) is 18.8. The zero-order valence-corrected chi connectivity index (χ0v) is 21.3. The van der Waals surface area contributed by atoms with Gasteiger partial charge in [-0.05, 0) is 66.8 Å². The highest BCUT2D eigenvalue weighted by Crippen LogP contribution is 2.45. The van der Waals surface area contributed by atoms with E-state index in [1.54, 1.807) is 7.11 Å². The van der Waals surface area contributed by atoms with Gasteiger partial charge in [0.05, 0.1) is 31.1 Å². The van der Waals surface area contributed by atoms with E-state index in [-0.39, 0.29) is 17.7 Å². The smallest absolute Gasteiger partial charge is 0.163 e. The number of hydrogen-bond donors (Lipinski definition) is 2. The van der Waals surface area contributed by atoms with Gasteiger partial charge in [-0.15, -0.1) is 0 Å². The van der Waals surface area contributed by atoms with Crippen molar-refractivity contribution in [2.45, 2.75) is 31.7 Å². The summed E-state index contributed by atoms with van der Waals surface area (Å²) in [6, 6.07) is 22.3. The standard InChI is InChI=1S/C30H33N3O3/c1-5-36-27-15-12-20(18-28(27)35-4)21-16-25-29(26(34)17-21)30(19-10-13-22(14-11-19)33(2)3)32-24-9-7-6-8-23(24)31-25/h6-15,18,21,30-32H,5,16-17H2,1-4H3. The minimum Gasteiger partial charge on any atom is -0.493 e. The lowest BCUT2D eigenvalue weighted by molar-refractivity contribution is -0.116. The molecule has 2 aliphatic rings. The molecule has 1 aliphatic carbocycles. The number of ketones is 1. The van der Waals surface area contributed by atoms with Crippen LogP contribution in [0.25, 0.3) is 0 Å². The van der Waals surface area contributed by atoms with Gasteiger partial charge in [0.15, 0.2) is 17.3 Å². The predicted octanol–water partition coefficient (Wildman–Crippen LogP) is 6.14. The Kier molecular flexibility index (Phi) is 6.59. The van der Waals surface area contributed by atoms with Gasteiger partial charge in [0.25, 0.3) is 0 Å². The van der Waals surface area contributed by atoms with Gasteiger partial charge >= 0.3 is 0 Å². The van der Waals surface area contributed by atoms with Crippen molar-refractivity contribution in [3.63, 3.8) is 0 Å². The molecule has 3 aromatic rings. The number of benzene rings is 3. The van der Waals surface area contributed by atoms with Crippen LogP contribution in [0.1, 0.15) is 42.9 Å². The molecule has 3 aromatic carbocycles.